The van der Waals surface area contributed by atoms with Crippen molar-refractivity contribution in [3.63, 3.8) is 0 Å². The van der Waals surface area contributed by atoms with Gasteiger partial charge in [0.15, 0.2) is 6.61 Å². The molecule has 0 aliphatic rings. The van der Waals surface area contributed by atoms with Crippen molar-refractivity contribution in [2.24, 2.45) is 0 Å². The van der Waals surface area contributed by atoms with Gasteiger partial charge in [-0.2, -0.15) is 11.3 Å². The average molecular weight is 357 g/mol. The van der Waals surface area contributed by atoms with E-state index in [1.807, 2.05) is 54.1 Å². The van der Waals surface area contributed by atoms with Crippen LogP contribution < -0.4 is 5.32 Å². The molecule has 0 saturated heterocycles. The van der Waals surface area contributed by atoms with Gasteiger partial charge in [0.05, 0.1) is 6.04 Å². The highest BCUT2D eigenvalue weighted by Gasteiger charge is 2.15. The van der Waals surface area contributed by atoms with Crippen LogP contribution in [0.4, 0.5) is 0 Å². The molecule has 3 aromatic rings. The van der Waals surface area contributed by atoms with Crippen molar-refractivity contribution < 1.29 is 18.7 Å². The summed E-state index contributed by atoms with van der Waals surface area (Å²) >= 11 is 1.59. The lowest BCUT2D eigenvalue weighted by Crippen LogP contribution is -2.31. The fourth-order valence-electron chi connectivity index (χ4n) is 2.47. The number of rotatable bonds is 7. The number of aryl methyl sites for hydroxylation is 1. The van der Waals surface area contributed by atoms with Crippen LogP contribution in [0.5, 0.6) is 0 Å². The van der Waals surface area contributed by atoms with Crippen LogP contribution in [-0.4, -0.2) is 18.5 Å². The number of carbonyl (C=O) groups excluding carboxylic acids is 2. The summed E-state index contributed by atoms with van der Waals surface area (Å²) in [6.07, 6.45) is 0.891. The van der Waals surface area contributed by atoms with Gasteiger partial charge in [0.25, 0.3) is 5.91 Å². The van der Waals surface area contributed by atoms with Crippen LogP contribution in [0.3, 0.4) is 0 Å². The summed E-state index contributed by atoms with van der Waals surface area (Å²) in [4.78, 5) is 23.6. The molecule has 0 bridgehead atoms. The Morgan fingerprint density at radius 3 is 2.88 bits per heavy atom. The molecule has 1 atom stereocenters. The molecule has 25 heavy (non-hydrogen) atoms. The number of nitrogens with one attached hydrogen (secondary N) is 1. The maximum Gasteiger partial charge on any atom is 0.306 e. The second kappa shape index (κ2) is 7.98. The summed E-state index contributed by atoms with van der Waals surface area (Å²) in [6, 6.07) is 11.2. The maximum atomic E-state index is 12.0. The van der Waals surface area contributed by atoms with Crippen molar-refractivity contribution in [1.82, 2.24) is 5.32 Å². The Morgan fingerprint density at radius 2 is 2.12 bits per heavy atom. The molecule has 0 aliphatic heterocycles. The van der Waals surface area contributed by atoms with Crippen molar-refractivity contribution in [1.29, 1.82) is 0 Å². The van der Waals surface area contributed by atoms with Crippen LogP contribution in [0.25, 0.3) is 11.0 Å². The number of para-hydroxylation sites is 1. The van der Waals surface area contributed by atoms with Crippen LogP contribution >= 0.6 is 11.3 Å². The van der Waals surface area contributed by atoms with Gasteiger partial charge in [-0.25, -0.2) is 0 Å². The minimum absolute atomic E-state index is 0.267. The first kappa shape index (κ1) is 17.2. The Kier molecular flexibility index (Phi) is 5.50. The van der Waals surface area contributed by atoms with E-state index in [1.54, 1.807) is 11.3 Å². The first-order chi connectivity index (χ1) is 12.1. The normalized spacial score (nSPS) is 12.0. The number of benzene rings is 1. The first-order valence-electron chi connectivity index (χ1n) is 8.06. The minimum atomic E-state index is -0.377. The van der Waals surface area contributed by atoms with Crippen molar-refractivity contribution in [3.8, 4) is 0 Å². The van der Waals surface area contributed by atoms with Gasteiger partial charge in [-0.05, 0) is 47.9 Å². The molecule has 2 heterocycles. The number of hydrogen-bond donors (Lipinski definition) is 1. The molecule has 0 spiro atoms. The Labute approximate surface area is 149 Å². The number of furan rings is 1. The molecule has 0 aliphatic carbocycles. The van der Waals surface area contributed by atoms with Crippen molar-refractivity contribution >= 4 is 34.2 Å². The molecule has 0 radical (unpaired) electrons. The lowest BCUT2D eigenvalue weighted by atomic mass is 10.2. The van der Waals surface area contributed by atoms with Crippen LogP contribution in [0.2, 0.25) is 0 Å². The van der Waals surface area contributed by atoms with Gasteiger partial charge in [-0.3, -0.25) is 9.59 Å². The van der Waals surface area contributed by atoms with Crippen molar-refractivity contribution in [3.05, 3.63) is 58.5 Å². The summed E-state index contributed by atoms with van der Waals surface area (Å²) in [7, 11) is 0. The van der Waals surface area contributed by atoms with E-state index in [2.05, 4.69) is 5.32 Å². The minimum Gasteiger partial charge on any atom is -0.459 e. The summed E-state index contributed by atoms with van der Waals surface area (Å²) in [6.45, 7) is 1.54. The zero-order valence-electron chi connectivity index (χ0n) is 13.9. The number of thiophene rings is 1. The van der Waals surface area contributed by atoms with Crippen molar-refractivity contribution in [2.45, 2.75) is 25.8 Å². The van der Waals surface area contributed by atoms with E-state index in [4.69, 9.17) is 9.15 Å². The predicted octanol–water partition coefficient (Wildman–Crippen LogP) is 3.85. The molecule has 0 fully saturated rings. The van der Waals surface area contributed by atoms with Crippen LogP contribution in [0.1, 0.15) is 30.7 Å². The van der Waals surface area contributed by atoms with Gasteiger partial charge >= 0.3 is 5.97 Å². The second-order valence-corrected chi connectivity index (χ2v) is 6.55. The molecule has 6 heteroatoms. The quantitative estimate of drug-likeness (QED) is 0.652. The molecule has 5 nitrogen and oxygen atoms in total. The van der Waals surface area contributed by atoms with Crippen LogP contribution in [0, 0.1) is 0 Å². The van der Waals surface area contributed by atoms with Crippen LogP contribution in [0.15, 0.2) is 51.6 Å². The molecule has 0 unspecified atom stereocenters. The van der Waals surface area contributed by atoms with E-state index in [1.165, 1.54) is 0 Å². The highest BCUT2D eigenvalue weighted by molar-refractivity contribution is 7.07. The van der Waals surface area contributed by atoms with E-state index in [0.29, 0.717) is 12.2 Å². The fourth-order valence-corrected chi connectivity index (χ4v) is 3.17. The van der Waals surface area contributed by atoms with Gasteiger partial charge in [0.1, 0.15) is 11.3 Å². The molecule has 1 N–H and O–H groups in total. The molecular weight excluding hydrogens is 338 g/mol. The van der Waals surface area contributed by atoms with Gasteiger partial charge in [0, 0.05) is 11.8 Å². The van der Waals surface area contributed by atoms with Gasteiger partial charge in [-0.1, -0.05) is 18.2 Å². The molecule has 3 rings (SSSR count). The van der Waals surface area contributed by atoms with E-state index in [0.717, 1.165) is 16.5 Å². The Morgan fingerprint density at radius 1 is 1.28 bits per heavy atom. The average Bonchev–Trinajstić information content (AvgIpc) is 3.27. The molecular formula is C19H19NO4S. The van der Waals surface area contributed by atoms with Gasteiger partial charge < -0.3 is 14.5 Å². The third-order valence-corrected chi connectivity index (χ3v) is 4.54. The SMILES string of the molecule is C[C@H](NC(=O)COC(=O)CCc1ccsc1)c1cc2ccccc2o1. The number of ether oxygens (including phenoxy) is 1. The highest BCUT2D eigenvalue weighted by Crippen LogP contribution is 2.23. The summed E-state index contributed by atoms with van der Waals surface area (Å²) in [5.74, 6) is -0.0621. The predicted molar refractivity (Wildman–Crippen MR) is 96.4 cm³/mol. The van der Waals surface area contributed by atoms with E-state index in [-0.39, 0.29) is 30.9 Å². The standard InChI is InChI=1S/C19H19NO4S/c1-13(17-10-15-4-2-3-5-16(15)24-17)20-18(21)11-23-19(22)7-6-14-8-9-25-12-14/h2-5,8-10,12-13H,6-7,11H2,1H3,(H,20,21)/t13-/m0/s1. The zero-order chi connectivity index (χ0) is 17.6. The fraction of sp³-hybridized carbons (Fsp3) is 0.263. The molecule has 1 aromatic carbocycles. The number of carbonyl (C=O) groups is 2. The number of amides is 1. The first-order valence-corrected chi connectivity index (χ1v) is 9.00. The number of hydrogen-bond acceptors (Lipinski definition) is 5. The smallest absolute Gasteiger partial charge is 0.306 e. The van der Waals surface area contributed by atoms with Gasteiger partial charge in [0.2, 0.25) is 0 Å². The molecule has 0 saturated carbocycles. The molecule has 1 amide bonds. The number of esters is 1. The Hall–Kier alpha value is -2.60. The van der Waals surface area contributed by atoms with E-state index < -0.39 is 0 Å². The zero-order valence-corrected chi connectivity index (χ0v) is 14.7. The number of fused-ring (bicyclic) bond motifs is 1. The topological polar surface area (TPSA) is 68.5 Å². The summed E-state index contributed by atoms with van der Waals surface area (Å²) < 4.78 is 10.7. The maximum absolute atomic E-state index is 12.0. The van der Waals surface area contributed by atoms with E-state index in [9.17, 15) is 9.59 Å². The Balaban J connectivity index is 1.44. The summed E-state index contributed by atoms with van der Waals surface area (Å²) in [5, 5.41) is 7.72. The monoisotopic (exact) mass is 357 g/mol. The Bertz CT molecular complexity index is 820. The largest absolute Gasteiger partial charge is 0.459 e. The van der Waals surface area contributed by atoms with Crippen LogP contribution in [-0.2, 0) is 20.7 Å². The van der Waals surface area contributed by atoms with E-state index >= 15 is 0 Å². The lowest BCUT2D eigenvalue weighted by Gasteiger charge is -2.11. The summed E-state index contributed by atoms with van der Waals surface area (Å²) in [5.41, 5.74) is 1.88. The second-order valence-electron chi connectivity index (χ2n) is 5.77. The lowest BCUT2D eigenvalue weighted by molar-refractivity contribution is -0.148. The third kappa shape index (κ3) is 4.70. The highest BCUT2D eigenvalue weighted by atomic mass is 32.1. The molecule has 2 aromatic heterocycles. The third-order valence-electron chi connectivity index (χ3n) is 3.81. The van der Waals surface area contributed by atoms with Gasteiger partial charge in [-0.15, -0.1) is 0 Å². The van der Waals surface area contributed by atoms with Crippen molar-refractivity contribution in [2.75, 3.05) is 6.61 Å². The molecule has 130 valence electrons.